The highest BCUT2D eigenvalue weighted by Crippen LogP contribution is 2.28. The van der Waals surface area contributed by atoms with E-state index in [0.717, 1.165) is 16.7 Å². The van der Waals surface area contributed by atoms with Gasteiger partial charge in [-0.2, -0.15) is 0 Å². The SMILES string of the molecule is NC[C@H]1O[C@H](COCc2ccccc2)[C@@H](OCc2ccccc2)[C@H]1OCc1ccccc1. The molecule has 2 N–H and O–H groups in total. The van der Waals surface area contributed by atoms with E-state index in [-0.39, 0.29) is 24.4 Å². The van der Waals surface area contributed by atoms with Gasteiger partial charge in [0.05, 0.1) is 32.5 Å². The summed E-state index contributed by atoms with van der Waals surface area (Å²) in [5, 5.41) is 0. The molecule has 3 aromatic rings. The maximum atomic E-state index is 6.35. The highest BCUT2D eigenvalue weighted by atomic mass is 16.6. The maximum absolute atomic E-state index is 6.35. The minimum Gasteiger partial charge on any atom is -0.374 e. The summed E-state index contributed by atoms with van der Waals surface area (Å²) in [7, 11) is 0. The average molecular weight is 434 g/mol. The zero-order chi connectivity index (χ0) is 22.0. The van der Waals surface area contributed by atoms with Gasteiger partial charge in [-0.3, -0.25) is 0 Å². The lowest BCUT2D eigenvalue weighted by Crippen LogP contribution is -2.40. The Hall–Kier alpha value is -2.54. The summed E-state index contributed by atoms with van der Waals surface area (Å²) >= 11 is 0. The molecule has 32 heavy (non-hydrogen) atoms. The normalized spacial score (nSPS) is 22.8. The van der Waals surface area contributed by atoms with E-state index in [9.17, 15) is 0 Å². The van der Waals surface area contributed by atoms with E-state index in [4.69, 9.17) is 24.7 Å². The monoisotopic (exact) mass is 433 g/mol. The number of nitrogens with two attached hydrogens (primary N) is 1. The molecule has 0 aromatic heterocycles. The molecular formula is C27H31NO4. The average Bonchev–Trinajstić information content (AvgIpc) is 3.19. The van der Waals surface area contributed by atoms with Crippen molar-refractivity contribution >= 4 is 0 Å². The summed E-state index contributed by atoms with van der Waals surface area (Å²) in [6.07, 6.45) is -1.04. The molecule has 0 bridgehead atoms. The van der Waals surface area contributed by atoms with Crippen LogP contribution in [0.4, 0.5) is 0 Å². The summed E-state index contributed by atoms with van der Waals surface area (Å²) in [6.45, 7) is 2.26. The van der Waals surface area contributed by atoms with E-state index in [1.54, 1.807) is 0 Å². The lowest BCUT2D eigenvalue weighted by atomic mass is 10.1. The fraction of sp³-hybridized carbons (Fsp3) is 0.333. The zero-order valence-electron chi connectivity index (χ0n) is 18.2. The molecule has 4 rings (SSSR count). The Morgan fingerprint density at radius 3 is 1.50 bits per heavy atom. The summed E-state index contributed by atoms with van der Waals surface area (Å²) < 4.78 is 24.9. The first-order valence-electron chi connectivity index (χ1n) is 11.1. The third-order valence-electron chi connectivity index (χ3n) is 5.60. The van der Waals surface area contributed by atoms with Crippen LogP contribution in [0, 0.1) is 0 Å². The number of rotatable bonds is 11. The van der Waals surface area contributed by atoms with Gasteiger partial charge in [-0.05, 0) is 16.7 Å². The van der Waals surface area contributed by atoms with Crippen molar-refractivity contribution in [3.8, 4) is 0 Å². The first-order chi connectivity index (χ1) is 15.8. The van der Waals surface area contributed by atoms with Gasteiger partial charge in [-0.25, -0.2) is 0 Å². The molecule has 5 heteroatoms. The Bertz CT molecular complexity index is 907. The van der Waals surface area contributed by atoms with Crippen LogP contribution in [0.2, 0.25) is 0 Å². The molecule has 0 amide bonds. The summed E-state index contributed by atoms with van der Waals surface area (Å²) in [5.74, 6) is 0. The number of hydrogen-bond acceptors (Lipinski definition) is 5. The summed E-state index contributed by atoms with van der Waals surface area (Å²) in [4.78, 5) is 0. The summed E-state index contributed by atoms with van der Waals surface area (Å²) in [5.41, 5.74) is 9.38. The van der Waals surface area contributed by atoms with Gasteiger partial charge >= 0.3 is 0 Å². The molecule has 4 atom stereocenters. The van der Waals surface area contributed by atoms with Crippen molar-refractivity contribution in [2.24, 2.45) is 5.73 Å². The second kappa shape index (κ2) is 11.9. The van der Waals surface area contributed by atoms with Gasteiger partial charge in [0.1, 0.15) is 18.3 Å². The zero-order valence-corrected chi connectivity index (χ0v) is 18.2. The summed E-state index contributed by atoms with van der Waals surface area (Å²) in [6, 6.07) is 30.3. The van der Waals surface area contributed by atoms with Crippen LogP contribution in [-0.4, -0.2) is 37.6 Å². The number of ether oxygens (including phenoxy) is 4. The first kappa shape index (κ1) is 22.6. The van der Waals surface area contributed by atoms with Crippen molar-refractivity contribution in [1.29, 1.82) is 0 Å². The first-order valence-corrected chi connectivity index (χ1v) is 11.1. The lowest BCUT2D eigenvalue weighted by molar-refractivity contribution is -0.0897. The molecule has 1 heterocycles. The van der Waals surface area contributed by atoms with Gasteiger partial charge < -0.3 is 24.7 Å². The molecule has 168 valence electrons. The smallest absolute Gasteiger partial charge is 0.115 e. The van der Waals surface area contributed by atoms with Crippen LogP contribution < -0.4 is 5.73 Å². The molecule has 0 unspecified atom stereocenters. The van der Waals surface area contributed by atoms with Crippen molar-refractivity contribution in [2.45, 2.75) is 44.2 Å². The third kappa shape index (κ3) is 6.25. The molecule has 3 aromatic carbocycles. The van der Waals surface area contributed by atoms with E-state index in [0.29, 0.717) is 33.0 Å². The van der Waals surface area contributed by atoms with Gasteiger partial charge in [0.15, 0.2) is 0 Å². The van der Waals surface area contributed by atoms with Gasteiger partial charge in [-0.15, -0.1) is 0 Å². The Balaban J connectivity index is 1.42. The van der Waals surface area contributed by atoms with Crippen LogP contribution in [0.5, 0.6) is 0 Å². The van der Waals surface area contributed by atoms with Gasteiger partial charge in [0.2, 0.25) is 0 Å². The molecular weight excluding hydrogens is 402 g/mol. The second-order valence-corrected chi connectivity index (χ2v) is 7.97. The van der Waals surface area contributed by atoms with Crippen LogP contribution in [0.25, 0.3) is 0 Å². The largest absolute Gasteiger partial charge is 0.374 e. The topological polar surface area (TPSA) is 62.9 Å². The van der Waals surface area contributed by atoms with Gasteiger partial charge in [0, 0.05) is 6.54 Å². The van der Waals surface area contributed by atoms with E-state index < -0.39 is 0 Å². The highest BCUT2D eigenvalue weighted by molar-refractivity contribution is 5.15. The highest BCUT2D eigenvalue weighted by Gasteiger charge is 2.45. The Morgan fingerprint density at radius 1 is 0.594 bits per heavy atom. The van der Waals surface area contributed by atoms with Crippen LogP contribution in [0.3, 0.4) is 0 Å². The molecule has 0 aliphatic carbocycles. The fourth-order valence-corrected chi connectivity index (χ4v) is 3.93. The van der Waals surface area contributed by atoms with Gasteiger partial charge in [-0.1, -0.05) is 91.0 Å². The number of benzene rings is 3. The Kier molecular flexibility index (Phi) is 8.42. The van der Waals surface area contributed by atoms with Crippen LogP contribution in [0.1, 0.15) is 16.7 Å². The molecule has 0 spiro atoms. The number of hydrogen-bond donors (Lipinski definition) is 1. The predicted octanol–water partition coefficient (Wildman–Crippen LogP) is 4.10. The molecule has 1 aliphatic rings. The van der Waals surface area contributed by atoms with E-state index in [1.165, 1.54) is 0 Å². The van der Waals surface area contributed by atoms with Crippen LogP contribution >= 0.6 is 0 Å². The molecule has 0 saturated carbocycles. The van der Waals surface area contributed by atoms with E-state index >= 15 is 0 Å². The van der Waals surface area contributed by atoms with Gasteiger partial charge in [0.25, 0.3) is 0 Å². The fourth-order valence-electron chi connectivity index (χ4n) is 3.93. The van der Waals surface area contributed by atoms with Crippen molar-refractivity contribution in [3.05, 3.63) is 108 Å². The van der Waals surface area contributed by atoms with Crippen LogP contribution in [0.15, 0.2) is 91.0 Å². The Morgan fingerprint density at radius 2 is 1.03 bits per heavy atom. The van der Waals surface area contributed by atoms with Crippen molar-refractivity contribution in [3.63, 3.8) is 0 Å². The molecule has 1 fully saturated rings. The minimum absolute atomic E-state index is 0.246. The van der Waals surface area contributed by atoms with Crippen molar-refractivity contribution < 1.29 is 18.9 Å². The van der Waals surface area contributed by atoms with E-state index in [2.05, 4.69) is 12.1 Å². The molecule has 1 aliphatic heterocycles. The standard InChI is InChI=1S/C27H31NO4/c28-16-24-26(30-18-22-12-6-2-7-13-22)27(31-19-23-14-8-3-9-15-23)25(32-24)20-29-17-21-10-4-1-5-11-21/h1-15,24-27H,16-20,28H2/t24-,25-,26+,27-/m1/s1. The molecule has 1 saturated heterocycles. The van der Waals surface area contributed by atoms with Crippen LogP contribution in [-0.2, 0) is 38.8 Å². The molecule has 0 radical (unpaired) electrons. The predicted molar refractivity (Wildman–Crippen MR) is 124 cm³/mol. The van der Waals surface area contributed by atoms with Crippen molar-refractivity contribution in [1.82, 2.24) is 0 Å². The maximum Gasteiger partial charge on any atom is 0.115 e. The quantitative estimate of drug-likeness (QED) is 0.493. The minimum atomic E-state index is -0.275. The Labute approximate surface area is 190 Å². The van der Waals surface area contributed by atoms with E-state index in [1.807, 2.05) is 78.9 Å². The third-order valence-corrected chi connectivity index (χ3v) is 5.60. The molecule has 5 nitrogen and oxygen atoms in total. The second-order valence-electron chi connectivity index (χ2n) is 7.97. The van der Waals surface area contributed by atoms with Crippen molar-refractivity contribution in [2.75, 3.05) is 13.2 Å². The lowest BCUT2D eigenvalue weighted by Gasteiger charge is -2.25.